The van der Waals surface area contributed by atoms with E-state index in [1.165, 1.54) is 18.5 Å². The first-order valence-corrected chi connectivity index (χ1v) is 5.00. The normalized spacial score (nSPS) is 26.8. The molecule has 1 saturated heterocycles. The van der Waals surface area contributed by atoms with Crippen LogP contribution in [0.5, 0.6) is 0 Å². The van der Waals surface area contributed by atoms with E-state index in [-0.39, 0.29) is 0 Å². The van der Waals surface area contributed by atoms with Gasteiger partial charge in [0.2, 0.25) is 0 Å². The van der Waals surface area contributed by atoms with Crippen LogP contribution >= 0.6 is 6.89 Å². The summed E-state index contributed by atoms with van der Waals surface area (Å²) in [4.78, 5) is 0. The maximum Gasteiger partial charge on any atom is -0.0293 e. The van der Waals surface area contributed by atoms with Gasteiger partial charge in [0.15, 0.2) is 0 Å². The SMILES string of the molecule is C=P1(CC)CC1. The van der Waals surface area contributed by atoms with Crippen LogP contribution in [0.15, 0.2) is 0 Å². The van der Waals surface area contributed by atoms with Gasteiger partial charge in [-0.15, -0.1) is 13.2 Å². The summed E-state index contributed by atoms with van der Waals surface area (Å²) in [5, 5.41) is 0. The van der Waals surface area contributed by atoms with Crippen LogP contribution in [0.25, 0.3) is 0 Å². The summed E-state index contributed by atoms with van der Waals surface area (Å²) < 4.78 is 0. The molecule has 0 aromatic carbocycles. The van der Waals surface area contributed by atoms with Gasteiger partial charge in [0.05, 0.1) is 0 Å². The molecule has 1 aliphatic heterocycles. The molecular formula is C5H11P. The van der Waals surface area contributed by atoms with Crippen molar-refractivity contribution in [2.75, 3.05) is 18.5 Å². The van der Waals surface area contributed by atoms with Crippen molar-refractivity contribution in [2.24, 2.45) is 0 Å². The highest BCUT2D eigenvalue weighted by Gasteiger charge is 2.23. The van der Waals surface area contributed by atoms with Crippen molar-refractivity contribution in [3.05, 3.63) is 0 Å². The Hall–Kier alpha value is 0.300. The molecule has 1 heterocycles. The molecule has 0 aromatic heterocycles. The van der Waals surface area contributed by atoms with Crippen LogP contribution in [-0.2, 0) is 0 Å². The van der Waals surface area contributed by atoms with E-state index in [0.717, 1.165) is 0 Å². The van der Waals surface area contributed by atoms with E-state index in [4.69, 9.17) is 0 Å². The Kier molecular flexibility index (Phi) is 0.842. The van der Waals surface area contributed by atoms with Crippen LogP contribution in [0.3, 0.4) is 0 Å². The fourth-order valence-corrected chi connectivity index (χ4v) is 2.22. The van der Waals surface area contributed by atoms with E-state index in [1.807, 2.05) is 0 Å². The fourth-order valence-electron chi connectivity index (χ4n) is 0.458. The number of rotatable bonds is 1. The zero-order chi connectivity index (χ0) is 4.62. The molecular weight excluding hydrogens is 91.0 g/mol. The van der Waals surface area contributed by atoms with Gasteiger partial charge in [-0.05, 0) is 18.5 Å². The second-order valence-electron chi connectivity index (χ2n) is 2.11. The van der Waals surface area contributed by atoms with Crippen molar-refractivity contribution in [1.82, 2.24) is 0 Å². The zero-order valence-electron chi connectivity index (χ0n) is 4.28. The molecule has 0 bridgehead atoms. The Labute approximate surface area is 39.5 Å². The third kappa shape index (κ3) is 0.680. The van der Waals surface area contributed by atoms with Gasteiger partial charge in [0, 0.05) is 0 Å². The van der Waals surface area contributed by atoms with Crippen LogP contribution in [0, 0.1) is 0 Å². The first-order chi connectivity index (χ1) is 2.77. The molecule has 36 valence electrons. The second-order valence-corrected chi connectivity index (χ2v) is 6.32. The quantitative estimate of drug-likeness (QED) is 0.440. The van der Waals surface area contributed by atoms with E-state index in [9.17, 15) is 0 Å². The Morgan fingerprint density at radius 3 is 2.17 bits per heavy atom. The van der Waals surface area contributed by atoms with E-state index in [0.29, 0.717) is 0 Å². The minimum absolute atomic E-state index is 0.397. The predicted molar refractivity (Wildman–Crippen MR) is 34.3 cm³/mol. The molecule has 0 saturated carbocycles. The van der Waals surface area contributed by atoms with E-state index in [1.54, 1.807) is 0 Å². The standard InChI is InChI=1S/C5H11P/c1-3-6(2)4-5-6/h2-5H2,1H3. The minimum atomic E-state index is -0.397. The zero-order valence-corrected chi connectivity index (χ0v) is 5.17. The maximum absolute atomic E-state index is 4.11. The molecule has 0 amide bonds. The number of hydrogen-bond donors (Lipinski definition) is 0. The highest BCUT2D eigenvalue weighted by molar-refractivity contribution is 7.80. The van der Waals surface area contributed by atoms with Gasteiger partial charge in [0.25, 0.3) is 0 Å². The van der Waals surface area contributed by atoms with Crippen molar-refractivity contribution in [2.45, 2.75) is 6.92 Å². The van der Waals surface area contributed by atoms with E-state index in [2.05, 4.69) is 13.2 Å². The van der Waals surface area contributed by atoms with E-state index >= 15 is 0 Å². The van der Waals surface area contributed by atoms with Crippen LogP contribution in [-0.4, -0.2) is 24.8 Å². The van der Waals surface area contributed by atoms with Gasteiger partial charge in [-0.1, -0.05) is 6.92 Å². The summed E-state index contributed by atoms with van der Waals surface area (Å²) in [6.45, 7) is 1.86. The third-order valence-corrected chi connectivity index (χ3v) is 4.58. The molecule has 0 unspecified atom stereocenters. The lowest BCUT2D eigenvalue weighted by molar-refractivity contribution is 1.51. The molecule has 0 atom stereocenters. The number of hydrogen-bond acceptors (Lipinski definition) is 0. The van der Waals surface area contributed by atoms with Gasteiger partial charge in [-0.25, -0.2) is 0 Å². The molecule has 0 aromatic rings. The summed E-state index contributed by atoms with van der Waals surface area (Å²) in [6.07, 6.45) is 8.44. The van der Waals surface area contributed by atoms with E-state index < -0.39 is 6.89 Å². The summed E-state index contributed by atoms with van der Waals surface area (Å²) >= 11 is 0. The van der Waals surface area contributed by atoms with Gasteiger partial charge in [0.1, 0.15) is 0 Å². The molecule has 0 aliphatic carbocycles. The molecule has 6 heavy (non-hydrogen) atoms. The average molecular weight is 102 g/mol. The molecule has 1 heteroatoms. The fraction of sp³-hybridized carbons (Fsp3) is 0.800. The molecule has 0 radical (unpaired) electrons. The van der Waals surface area contributed by atoms with Gasteiger partial charge in [-0.3, -0.25) is 0 Å². The second kappa shape index (κ2) is 1.13. The third-order valence-electron chi connectivity index (χ3n) is 1.53. The lowest BCUT2D eigenvalue weighted by Crippen LogP contribution is -1.59. The Balaban J connectivity index is 2.49. The average Bonchev–Trinajstić information content (AvgIpc) is 2.22. The van der Waals surface area contributed by atoms with Crippen molar-refractivity contribution in [1.29, 1.82) is 0 Å². The Morgan fingerprint density at radius 2 is 2.17 bits per heavy atom. The topological polar surface area (TPSA) is 0 Å². The molecule has 1 aliphatic rings. The predicted octanol–water partition coefficient (Wildman–Crippen LogP) is 1.47. The summed E-state index contributed by atoms with van der Waals surface area (Å²) in [6, 6.07) is 0. The molecule has 1 fully saturated rings. The van der Waals surface area contributed by atoms with Crippen molar-refractivity contribution >= 4 is 13.2 Å². The van der Waals surface area contributed by atoms with Gasteiger partial charge >= 0.3 is 0 Å². The van der Waals surface area contributed by atoms with Crippen LogP contribution in [0.2, 0.25) is 0 Å². The molecule has 0 N–H and O–H groups in total. The monoisotopic (exact) mass is 102 g/mol. The molecule has 0 nitrogen and oxygen atoms in total. The van der Waals surface area contributed by atoms with Crippen molar-refractivity contribution in [3.8, 4) is 0 Å². The first kappa shape index (κ1) is 4.46. The lowest BCUT2D eigenvalue weighted by atomic mass is 11.0. The van der Waals surface area contributed by atoms with Gasteiger partial charge < -0.3 is 0 Å². The van der Waals surface area contributed by atoms with Gasteiger partial charge in [-0.2, -0.15) is 0 Å². The smallest absolute Gasteiger partial charge is 0.0293 e. The van der Waals surface area contributed by atoms with Crippen LogP contribution in [0.1, 0.15) is 6.92 Å². The van der Waals surface area contributed by atoms with Crippen LogP contribution < -0.4 is 0 Å². The summed E-state index contributed by atoms with van der Waals surface area (Å²) in [5.74, 6) is 0. The maximum atomic E-state index is 4.11. The highest BCUT2D eigenvalue weighted by atomic mass is 31.2. The molecule has 0 spiro atoms. The van der Waals surface area contributed by atoms with Crippen LogP contribution in [0.4, 0.5) is 0 Å². The molecule has 1 rings (SSSR count). The summed E-state index contributed by atoms with van der Waals surface area (Å²) in [7, 11) is 0. The minimum Gasteiger partial charge on any atom is -0.112 e. The highest BCUT2D eigenvalue weighted by Crippen LogP contribution is 2.58. The van der Waals surface area contributed by atoms with Crippen molar-refractivity contribution < 1.29 is 0 Å². The summed E-state index contributed by atoms with van der Waals surface area (Å²) in [5.41, 5.74) is 0. The first-order valence-electron chi connectivity index (χ1n) is 2.47. The Morgan fingerprint density at radius 1 is 1.67 bits per heavy atom. The lowest BCUT2D eigenvalue weighted by Gasteiger charge is -1.87. The largest absolute Gasteiger partial charge is 0.112 e. The Bertz CT molecular complexity index is 86.1. The van der Waals surface area contributed by atoms with Crippen molar-refractivity contribution in [3.63, 3.8) is 0 Å².